The number of rotatable bonds is 7. The van der Waals surface area contributed by atoms with Gasteiger partial charge < -0.3 is 9.47 Å². The van der Waals surface area contributed by atoms with Crippen LogP contribution in [0.4, 0.5) is 5.69 Å². The Bertz CT molecular complexity index is 1110. The van der Waals surface area contributed by atoms with E-state index in [-0.39, 0.29) is 11.6 Å². The molecule has 0 aliphatic carbocycles. The van der Waals surface area contributed by atoms with E-state index >= 15 is 0 Å². The summed E-state index contributed by atoms with van der Waals surface area (Å²) in [4.78, 5) is 34.7. The standard InChI is InChI=1S/C22H26N6O3S/c1-16-24-20-13-23-10-7-21(20)27(16)14-17-8-11-26(12-9-17)22(29)15-25(2)32-19-5-3-18(4-6-19)28(30)31/h3-7,10,13,17H,8-9,11-12,14-15H2,1-2H3. The number of pyridine rings is 1. The predicted octanol–water partition coefficient (Wildman–Crippen LogP) is 3.53. The highest BCUT2D eigenvalue weighted by Crippen LogP contribution is 2.25. The minimum Gasteiger partial charge on any atom is -0.342 e. The van der Waals surface area contributed by atoms with Crippen molar-refractivity contribution in [2.45, 2.75) is 31.2 Å². The molecule has 168 valence electrons. The summed E-state index contributed by atoms with van der Waals surface area (Å²) < 4.78 is 4.12. The van der Waals surface area contributed by atoms with E-state index in [0.29, 0.717) is 12.5 Å². The fourth-order valence-electron chi connectivity index (χ4n) is 4.09. The average molecular weight is 455 g/mol. The van der Waals surface area contributed by atoms with Gasteiger partial charge in [-0.1, -0.05) is 0 Å². The van der Waals surface area contributed by atoms with E-state index in [0.717, 1.165) is 54.2 Å². The van der Waals surface area contributed by atoms with E-state index in [1.165, 1.54) is 24.1 Å². The summed E-state index contributed by atoms with van der Waals surface area (Å²) in [7, 11) is 1.86. The molecule has 0 radical (unpaired) electrons. The van der Waals surface area contributed by atoms with Crippen LogP contribution in [0.3, 0.4) is 0 Å². The number of likely N-dealkylation sites (N-methyl/N-ethyl adjacent to an activating group) is 1. The molecular formula is C22H26N6O3S. The van der Waals surface area contributed by atoms with Crippen molar-refractivity contribution in [1.82, 2.24) is 23.7 Å². The Hall–Kier alpha value is -2.98. The number of nitrogens with zero attached hydrogens (tertiary/aromatic N) is 6. The minimum atomic E-state index is -0.418. The Morgan fingerprint density at radius 2 is 1.97 bits per heavy atom. The molecule has 1 saturated heterocycles. The van der Waals surface area contributed by atoms with Crippen molar-refractivity contribution in [3.8, 4) is 0 Å². The molecule has 1 amide bonds. The monoisotopic (exact) mass is 454 g/mol. The second-order valence-electron chi connectivity index (χ2n) is 8.09. The summed E-state index contributed by atoms with van der Waals surface area (Å²) in [5, 5.41) is 10.8. The van der Waals surface area contributed by atoms with Crippen LogP contribution in [0.15, 0.2) is 47.6 Å². The van der Waals surface area contributed by atoms with Gasteiger partial charge in [-0.05, 0) is 62.9 Å². The van der Waals surface area contributed by atoms with Crippen molar-refractivity contribution < 1.29 is 9.72 Å². The highest BCUT2D eigenvalue weighted by Gasteiger charge is 2.25. The Morgan fingerprint density at radius 3 is 2.66 bits per heavy atom. The number of nitro benzene ring substituents is 1. The van der Waals surface area contributed by atoms with Gasteiger partial charge in [-0.15, -0.1) is 0 Å². The lowest BCUT2D eigenvalue weighted by Crippen LogP contribution is -2.42. The average Bonchev–Trinajstić information content (AvgIpc) is 3.09. The molecule has 1 aromatic carbocycles. The molecule has 0 spiro atoms. The largest absolute Gasteiger partial charge is 0.342 e. The first-order valence-corrected chi connectivity index (χ1v) is 11.4. The van der Waals surface area contributed by atoms with Gasteiger partial charge in [-0.3, -0.25) is 19.9 Å². The van der Waals surface area contributed by atoms with Crippen LogP contribution in [0.25, 0.3) is 11.0 Å². The van der Waals surface area contributed by atoms with Gasteiger partial charge in [-0.2, -0.15) is 0 Å². The van der Waals surface area contributed by atoms with Crippen molar-refractivity contribution in [3.05, 3.63) is 58.7 Å². The van der Waals surface area contributed by atoms with Crippen LogP contribution in [0.1, 0.15) is 18.7 Å². The molecule has 0 atom stereocenters. The van der Waals surface area contributed by atoms with E-state index in [4.69, 9.17) is 0 Å². The number of imidazole rings is 1. The summed E-state index contributed by atoms with van der Waals surface area (Å²) in [6.07, 6.45) is 5.53. The number of non-ortho nitro benzene ring substituents is 1. The molecule has 1 aliphatic rings. The number of hydrogen-bond donors (Lipinski definition) is 0. The third-order valence-corrected chi connectivity index (χ3v) is 6.74. The number of hydrogen-bond acceptors (Lipinski definition) is 7. The molecule has 3 heterocycles. The summed E-state index contributed by atoms with van der Waals surface area (Å²) in [6.45, 7) is 4.74. The number of carbonyl (C=O) groups is 1. The lowest BCUT2D eigenvalue weighted by molar-refractivity contribution is -0.384. The lowest BCUT2D eigenvalue weighted by Gasteiger charge is -2.33. The predicted molar refractivity (Wildman–Crippen MR) is 123 cm³/mol. The van der Waals surface area contributed by atoms with Gasteiger partial charge in [0.2, 0.25) is 5.91 Å². The molecule has 1 aliphatic heterocycles. The lowest BCUT2D eigenvalue weighted by atomic mass is 9.96. The zero-order valence-corrected chi connectivity index (χ0v) is 19.0. The van der Waals surface area contributed by atoms with Crippen molar-refractivity contribution in [3.63, 3.8) is 0 Å². The smallest absolute Gasteiger partial charge is 0.269 e. The Balaban J connectivity index is 1.26. The number of amides is 1. The number of nitro groups is 1. The van der Waals surface area contributed by atoms with E-state index in [1.54, 1.807) is 24.5 Å². The highest BCUT2D eigenvalue weighted by atomic mass is 32.2. The van der Waals surface area contributed by atoms with E-state index in [9.17, 15) is 14.9 Å². The van der Waals surface area contributed by atoms with Gasteiger partial charge in [0.25, 0.3) is 5.69 Å². The number of aromatic nitrogens is 3. The van der Waals surface area contributed by atoms with Gasteiger partial charge in [0.05, 0.1) is 23.2 Å². The van der Waals surface area contributed by atoms with Crippen molar-refractivity contribution in [1.29, 1.82) is 0 Å². The maximum Gasteiger partial charge on any atom is 0.269 e. The van der Waals surface area contributed by atoms with Gasteiger partial charge in [0, 0.05) is 42.9 Å². The number of carbonyl (C=O) groups excluding carboxylic acids is 1. The van der Waals surface area contributed by atoms with Crippen LogP contribution in [-0.2, 0) is 11.3 Å². The molecule has 9 nitrogen and oxygen atoms in total. The third kappa shape index (κ3) is 5.08. The molecule has 0 saturated carbocycles. The molecule has 2 aromatic heterocycles. The molecule has 10 heteroatoms. The Labute approximate surface area is 190 Å². The van der Waals surface area contributed by atoms with Crippen molar-refractivity contribution >= 4 is 34.6 Å². The molecule has 0 N–H and O–H groups in total. The fraction of sp³-hybridized carbons (Fsp3) is 0.409. The van der Waals surface area contributed by atoms with Gasteiger partial charge in [0.1, 0.15) is 11.3 Å². The van der Waals surface area contributed by atoms with E-state index in [2.05, 4.69) is 14.5 Å². The number of likely N-dealkylation sites (tertiary alicyclic amines) is 1. The fourth-order valence-corrected chi connectivity index (χ4v) is 4.88. The van der Waals surface area contributed by atoms with Crippen LogP contribution in [0.2, 0.25) is 0 Å². The van der Waals surface area contributed by atoms with E-state index in [1.807, 2.05) is 29.2 Å². The van der Waals surface area contributed by atoms with Crippen LogP contribution >= 0.6 is 11.9 Å². The van der Waals surface area contributed by atoms with E-state index < -0.39 is 4.92 Å². The quantitative estimate of drug-likeness (QED) is 0.306. The van der Waals surface area contributed by atoms with Crippen molar-refractivity contribution in [2.75, 3.05) is 26.7 Å². The number of fused-ring (bicyclic) bond motifs is 1. The molecule has 0 bridgehead atoms. The maximum atomic E-state index is 12.8. The molecule has 32 heavy (non-hydrogen) atoms. The highest BCUT2D eigenvalue weighted by molar-refractivity contribution is 7.97. The summed E-state index contributed by atoms with van der Waals surface area (Å²) in [5.41, 5.74) is 2.10. The third-order valence-electron chi connectivity index (χ3n) is 5.82. The van der Waals surface area contributed by atoms with Crippen LogP contribution in [0.5, 0.6) is 0 Å². The zero-order valence-electron chi connectivity index (χ0n) is 18.2. The SMILES string of the molecule is Cc1nc2cnccc2n1CC1CCN(C(=O)CN(C)Sc2ccc([N+](=O)[O-])cc2)CC1. The van der Waals surface area contributed by atoms with Crippen LogP contribution < -0.4 is 0 Å². The first-order valence-electron chi connectivity index (χ1n) is 10.6. The summed E-state index contributed by atoms with van der Waals surface area (Å²) in [6, 6.07) is 8.36. The molecule has 3 aromatic rings. The second kappa shape index (κ2) is 9.66. The Kier molecular flexibility index (Phi) is 6.71. The van der Waals surface area contributed by atoms with Gasteiger partial charge in [0.15, 0.2) is 0 Å². The first-order chi connectivity index (χ1) is 15.4. The van der Waals surface area contributed by atoms with Crippen LogP contribution in [-0.4, -0.2) is 61.3 Å². The molecular weight excluding hydrogens is 428 g/mol. The zero-order chi connectivity index (χ0) is 22.7. The van der Waals surface area contributed by atoms with Gasteiger partial charge in [-0.25, -0.2) is 9.29 Å². The normalized spacial score (nSPS) is 14.9. The minimum absolute atomic E-state index is 0.0616. The molecule has 0 unspecified atom stereocenters. The van der Waals surface area contributed by atoms with Gasteiger partial charge >= 0.3 is 0 Å². The Morgan fingerprint density at radius 1 is 1.25 bits per heavy atom. The molecule has 1 fully saturated rings. The first kappa shape index (κ1) is 22.2. The van der Waals surface area contributed by atoms with Crippen molar-refractivity contribution in [2.24, 2.45) is 5.92 Å². The number of benzene rings is 1. The number of aryl methyl sites for hydroxylation is 1. The maximum absolute atomic E-state index is 12.8. The second-order valence-corrected chi connectivity index (χ2v) is 9.36. The summed E-state index contributed by atoms with van der Waals surface area (Å²) >= 11 is 1.41. The van der Waals surface area contributed by atoms with Crippen LogP contribution in [0, 0.1) is 23.0 Å². The summed E-state index contributed by atoms with van der Waals surface area (Å²) in [5.74, 6) is 1.61. The topological polar surface area (TPSA) is 97.4 Å². The molecule has 4 rings (SSSR count). The number of piperidine rings is 1.